The summed E-state index contributed by atoms with van der Waals surface area (Å²) in [6.45, 7) is 6.01. The maximum absolute atomic E-state index is 10.6. The van der Waals surface area contributed by atoms with E-state index in [0.29, 0.717) is 11.5 Å². The molecule has 15 heavy (non-hydrogen) atoms. The fourth-order valence-electron chi connectivity index (χ4n) is 1.68. The van der Waals surface area contributed by atoms with E-state index in [1.807, 2.05) is 20.8 Å². The first-order chi connectivity index (χ1) is 6.91. The third-order valence-corrected chi connectivity index (χ3v) is 2.43. The lowest BCUT2D eigenvalue weighted by atomic mass is 9.94. The summed E-state index contributed by atoms with van der Waals surface area (Å²) in [6.07, 6.45) is -0.133. The second-order valence-corrected chi connectivity index (χ2v) is 4.06. The van der Waals surface area contributed by atoms with Crippen LogP contribution in [0, 0.1) is 6.92 Å². The summed E-state index contributed by atoms with van der Waals surface area (Å²) in [7, 11) is 0. The maximum atomic E-state index is 10.6. The molecule has 3 heteroatoms. The Bertz CT molecular complexity index is 381. The second-order valence-electron chi connectivity index (χ2n) is 4.06. The number of carbonyl (C=O) groups is 1. The second kappa shape index (κ2) is 4.34. The average molecular weight is 208 g/mol. The molecule has 1 aromatic rings. The fourth-order valence-corrected chi connectivity index (χ4v) is 1.68. The lowest BCUT2D eigenvalue weighted by molar-refractivity contribution is -0.136. The van der Waals surface area contributed by atoms with Crippen molar-refractivity contribution in [3.63, 3.8) is 0 Å². The summed E-state index contributed by atoms with van der Waals surface area (Å²) < 4.78 is 0. The molecule has 0 fully saturated rings. The van der Waals surface area contributed by atoms with Crippen LogP contribution in [0.2, 0.25) is 0 Å². The number of carboxylic acids is 1. The highest BCUT2D eigenvalue weighted by molar-refractivity contribution is 5.71. The Morgan fingerprint density at radius 2 is 2.00 bits per heavy atom. The molecule has 0 atom stereocenters. The molecule has 2 N–H and O–H groups in total. The number of phenolic OH excluding ortho intramolecular Hbond substituents is 1. The van der Waals surface area contributed by atoms with Crippen LogP contribution in [0.25, 0.3) is 0 Å². The number of benzene rings is 1. The van der Waals surface area contributed by atoms with E-state index >= 15 is 0 Å². The van der Waals surface area contributed by atoms with Gasteiger partial charge in [0, 0.05) is 5.56 Å². The molecule has 0 spiro atoms. The normalized spacial score (nSPS) is 10.7. The predicted octanol–water partition coefficient (Wildman–Crippen LogP) is 2.45. The summed E-state index contributed by atoms with van der Waals surface area (Å²) in [5.74, 6) is -0.527. The van der Waals surface area contributed by atoms with Crippen molar-refractivity contribution in [2.75, 3.05) is 0 Å². The van der Waals surface area contributed by atoms with E-state index in [-0.39, 0.29) is 12.2 Å². The maximum Gasteiger partial charge on any atom is 0.307 e. The number of rotatable bonds is 3. The van der Waals surface area contributed by atoms with Gasteiger partial charge in [0.1, 0.15) is 5.75 Å². The quantitative estimate of drug-likeness (QED) is 0.802. The van der Waals surface area contributed by atoms with Crippen LogP contribution in [0.1, 0.15) is 36.5 Å². The topological polar surface area (TPSA) is 57.5 Å². The first-order valence-electron chi connectivity index (χ1n) is 4.96. The molecular weight excluding hydrogens is 192 g/mol. The zero-order valence-electron chi connectivity index (χ0n) is 9.24. The van der Waals surface area contributed by atoms with Crippen molar-refractivity contribution < 1.29 is 15.0 Å². The molecule has 1 rings (SSSR count). The number of phenols is 1. The van der Waals surface area contributed by atoms with Crippen molar-refractivity contribution in [1.29, 1.82) is 0 Å². The third kappa shape index (κ3) is 2.72. The van der Waals surface area contributed by atoms with Crippen LogP contribution in [0.4, 0.5) is 0 Å². The van der Waals surface area contributed by atoms with Crippen LogP contribution in [0.15, 0.2) is 12.1 Å². The summed E-state index contributed by atoms with van der Waals surface area (Å²) in [5, 5.41) is 18.3. The molecule has 0 aliphatic heterocycles. The Morgan fingerprint density at radius 1 is 1.40 bits per heavy atom. The van der Waals surface area contributed by atoms with Gasteiger partial charge in [0.15, 0.2) is 0 Å². The molecule has 0 amide bonds. The minimum Gasteiger partial charge on any atom is -0.508 e. The van der Waals surface area contributed by atoms with Crippen LogP contribution < -0.4 is 0 Å². The molecule has 82 valence electrons. The highest BCUT2D eigenvalue weighted by atomic mass is 16.4. The van der Waals surface area contributed by atoms with E-state index in [4.69, 9.17) is 5.11 Å². The minimum atomic E-state index is -0.927. The van der Waals surface area contributed by atoms with Gasteiger partial charge in [0.25, 0.3) is 0 Å². The van der Waals surface area contributed by atoms with Gasteiger partial charge in [-0.25, -0.2) is 0 Å². The first kappa shape index (κ1) is 11.6. The zero-order valence-corrected chi connectivity index (χ0v) is 9.24. The highest BCUT2D eigenvalue weighted by Crippen LogP contribution is 2.27. The Hall–Kier alpha value is -1.51. The molecule has 0 unspecified atom stereocenters. The van der Waals surface area contributed by atoms with Crippen molar-refractivity contribution in [3.05, 3.63) is 28.8 Å². The number of aliphatic carboxylic acids is 1. The highest BCUT2D eigenvalue weighted by Gasteiger charge is 2.11. The molecule has 0 bridgehead atoms. The molecule has 1 aromatic carbocycles. The lowest BCUT2D eigenvalue weighted by Gasteiger charge is -2.12. The number of carboxylic acid groups (broad SMARTS) is 1. The van der Waals surface area contributed by atoms with Gasteiger partial charge in [0.05, 0.1) is 6.42 Å². The van der Waals surface area contributed by atoms with Crippen LogP contribution in [-0.4, -0.2) is 16.2 Å². The van der Waals surface area contributed by atoms with E-state index in [1.165, 1.54) is 0 Å². The average Bonchev–Trinajstić information content (AvgIpc) is 2.08. The van der Waals surface area contributed by atoms with Crippen molar-refractivity contribution in [2.24, 2.45) is 0 Å². The standard InChI is InChI=1S/C12H16O3/c1-7(2)10-5-9(6-12(14)15)11(13)4-8(10)3/h4-5,7,13H,6H2,1-3H3,(H,14,15). The molecule has 0 saturated heterocycles. The van der Waals surface area contributed by atoms with Crippen molar-refractivity contribution in [1.82, 2.24) is 0 Å². The zero-order chi connectivity index (χ0) is 11.6. The van der Waals surface area contributed by atoms with Crippen LogP contribution in [-0.2, 0) is 11.2 Å². The number of aromatic hydroxyl groups is 1. The van der Waals surface area contributed by atoms with Crippen molar-refractivity contribution in [3.8, 4) is 5.75 Å². The van der Waals surface area contributed by atoms with Crippen LogP contribution in [0.5, 0.6) is 5.75 Å². The Labute approximate surface area is 89.4 Å². The van der Waals surface area contributed by atoms with Crippen LogP contribution in [0.3, 0.4) is 0 Å². The number of hydrogen-bond donors (Lipinski definition) is 2. The Balaban J connectivity index is 3.17. The molecule has 0 saturated carbocycles. The SMILES string of the molecule is Cc1cc(O)c(CC(=O)O)cc1C(C)C. The van der Waals surface area contributed by atoms with Gasteiger partial charge in [-0.3, -0.25) is 4.79 Å². The predicted molar refractivity (Wildman–Crippen MR) is 58.3 cm³/mol. The number of aryl methyl sites for hydroxylation is 1. The van der Waals surface area contributed by atoms with Crippen LogP contribution >= 0.6 is 0 Å². The van der Waals surface area contributed by atoms with Gasteiger partial charge in [-0.2, -0.15) is 0 Å². The monoisotopic (exact) mass is 208 g/mol. The van der Waals surface area contributed by atoms with Gasteiger partial charge in [-0.05, 0) is 30.0 Å². The van der Waals surface area contributed by atoms with Gasteiger partial charge < -0.3 is 10.2 Å². The third-order valence-electron chi connectivity index (χ3n) is 2.43. The molecular formula is C12H16O3. The van der Waals surface area contributed by atoms with Crippen molar-refractivity contribution in [2.45, 2.75) is 33.1 Å². The van der Waals surface area contributed by atoms with E-state index in [9.17, 15) is 9.90 Å². The van der Waals surface area contributed by atoms with Gasteiger partial charge >= 0.3 is 5.97 Å². The molecule has 0 aromatic heterocycles. The van der Waals surface area contributed by atoms with Gasteiger partial charge in [-0.1, -0.05) is 19.9 Å². The molecule has 3 nitrogen and oxygen atoms in total. The summed E-state index contributed by atoms with van der Waals surface area (Å²) >= 11 is 0. The smallest absolute Gasteiger partial charge is 0.307 e. The molecule has 0 radical (unpaired) electrons. The first-order valence-corrected chi connectivity index (χ1v) is 4.96. The summed E-state index contributed by atoms with van der Waals surface area (Å²) in [6, 6.07) is 3.41. The Kier molecular flexibility index (Phi) is 3.35. The fraction of sp³-hybridized carbons (Fsp3) is 0.417. The van der Waals surface area contributed by atoms with E-state index < -0.39 is 5.97 Å². The number of hydrogen-bond acceptors (Lipinski definition) is 2. The molecule has 0 aliphatic carbocycles. The lowest BCUT2D eigenvalue weighted by Crippen LogP contribution is -2.02. The van der Waals surface area contributed by atoms with E-state index in [0.717, 1.165) is 11.1 Å². The van der Waals surface area contributed by atoms with Crippen molar-refractivity contribution >= 4 is 5.97 Å². The largest absolute Gasteiger partial charge is 0.508 e. The molecule has 0 aliphatic rings. The summed E-state index contributed by atoms with van der Waals surface area (Å²) in [4.78, 5) is 10.6. The molecule has 0 heterocycles. The van der Waals surface area contributed by atoms with Gasteiger partial charge in [0.2, 0.25) is 0 Å². The van der Waals surface area contributed by atoms with E-state index in [1.54, 1.807) is 12.1 Å². The Morgan fingerprint density at radius 3 is 2.47 bits per heavy atom. The minimum absolute atomic E-state index is 0.0688. The van der Waals surface area contributed by atoms with Gasteiger partial charge in [-0.15, -0.1) is 0 Å². The summed E-state index contributed by atoms with van der Waals surface area (Å²) in [5.41, 5.74) is 2.57. The van der Waals surface area contributed by atoms with E-state index in [2.05, 4.69) is 0 Å².